The van der Waals surface area contributed by atoms with Gasteiger partial charge in [0, 0.05) is 10.2 Å². The summed E-state index contributed by atoms with van der Waals surface area (Å²) in [4.78, 5) is 12.3. The average molecular weight is 427 g/mol. The predicted molar refractivity (Wildman–Crippen MR) is 96.5 cm³/mol. The molecule has 22 heavy (non-hydrogen) atoms. The maximum absolute atomic E-state index is 12.3. The fourth-order valence-electron chi connectivity index (χ4n) is 2.11. The number of aryl methyl sites for hydroxylation is 2. The van der Waals surface area contributed by atoms with E-state index < -0.39 is 6.10 Å². The van der Waals surface area contributed by atoms with Gasteiger partial charge in [0.25, 0.3) is 5.91 Å². The Hall–Kier alpha value is -1.33. The van der Waals surface area contributed by atoms with Crippen LogP contribution in [0.2, 0.25) is 0 Å². The molecule has 0 fully saturated rings. The van der Waals surface area contributed by atoms with Crippen LogP contribution in [0.1, 0.15) is 18.1 Å². The first-order valence-electron chi connectivity index (χ1n) is 6.86. The fraction of sp³-hybridized carbons (Fsp3) is 0.235. The number of rotatable bonds is 4. The third kappa shape index (κ3) is 4.58. The van der Waals surface area contributed by atoms with Crippen LogP contribution in [-0.2, 0) is 4.79 Å². The summed E-state index contributed by atoms with van der Waals surface area (Å²) in [7, 11) is 0. The Bertz CT molecular complexity index is 681. The third-order valence-electron chi connectivity index (χ3n) is 3.06. The zero-order valence-electron chi connectivity index (χ0n) is 12.6. The van der Waals surface area contributed by atoms with Crippen molar-refractivity contribution in [3.8, 4) is 5.75 Å². The average Bonchev–Trinajstić information content (AvgIpc) is 2.40. The smallest absolute Gasteiger partial charge is 0.265 e. The standard InChI is InChI=1S/C17H17Br2NO2/c1-10-6-11(2)8-14(7-10)20-17(21)12(3)22-16-5-4-13(18)9-15(16)19/h4-9,12H,1-3H3,(H,20,21)/t12-/m0/s1. The van der Waals surface area contributed by atoms with Crippen molar-refractivity contribution in [2.45, 2.75) is 26.9 Å². The molecule has 116 valence electrons. The highest BCUT2D eigenvalue weighted by Gasteiger charge is 2.16. The number of ether oxygens (including phenoxy) is 1. The fourth-order valence-corrected chi connectivity index (χ4v) is 3.25. The Morgan fingerprint density at radius 2 is 1.73 bits per heavy atom. The van der Waals surface area contributed by atoms with Crippen molar-refractivity contribution >= 4 is 43.5 Å². The predicted octanol–water partition coefficient (Wildman–Crippen LogP) is 5.23. The summed E-state index contributed by atoms with van der Waals surface area (Å²) in [6.07, 6.45) is -0.599. The van der Waals surface area contributed by atoms with E-state index in [4.69, 9.17) is 4.74 Å². The maximum Gasteiger partial charge on any atom is 0.265 e. The van der Waals surface area contributed by atoms with Gasteiger partial charge in [0.2, 0.25) is 0 Å². The molecule has 1 atom stereocenters. The molecule has 0 aromatic heterocycles. The van der Waals surface area contributed by atoms with E-state index in [-0.39, 0.29) is 5.91 Å². The van der Waals surface area contributed by atoms with E-state index in [1.807, 2.05) is 44.2 Å². The summed E-state index contributed by atoms with van der Waals surface area (Å²) >= 11 is 6.81. The first-order chi connectivity index (χ1) is 10.3. The number of hydrogen-bond donors (Lipinski definition) is 1. The third-order valence-corrected chi connectivity index (χ3v) is 4.17. The summed E-state index contributed by atoms with van der Waals surface area (Å²) in [6.45, 7) is 5.73. The van der Waals surface area contributed by atoms with Crippen LogP contribution < -0.4 is 10.1 Å². The number of halogens is 2. The lowest BCUT2D eigenvalue weighted by molar-refractivity contribution is -0.122. The number of amides is 1. The molecule has 1 amide bonds. The molecule has 2 rings (SSSR count). The number of carbonyl (C=O) groups excluding carboxylic acids is 1. The van der Waals surface area contributed by atoms with Gasteiger partial charge in [-0.1, -0.05) is 22.0 Å². The van der Waals surface area contributed by atoms with Gasteiger partial charge in [-0.2, -0.15) is 0 Å². The minimum absolute atomic E-state index is 0.181. The molecule has 0 bridgehead atoms. The van der Waals surface area contributed by atoms with Gasteiger partial charge in [-0.3, -0.25) is 4.79 Å². The van der Waals surface area contributed by atoms with Gasteiger partial charge in [-0.25, -0.2) is 0 Å². The number of carbonyl (C=O) groups is 1. The van der Waals surface area contributed by atoms with Gasteiger partial charge in [-0.15, -0.1) is 0 Å². The Kier molecular flexibility index (Phi) is 5.64. The first-order valence-corrected chi connectivity index (χ1v) is 8.44. The summed E-state index contributed by atoms with van der Waals surface area (Å²) in [6, 6.07) is 11.5. The van der Waals surface area contributed by atoms with Crippen LogP contribution in [0, 0.1) is 13.8 Å². The molecular weight excluding hydrogens is 410 g/mol. The second-order valence-electron chi connectivity index (χ2n) is 5.20. The van der Waals surface area contributed by atoms with E-state index >= 15 is 0 Å². The van der Waals surface area contributed by atoms with Crippen molar-refractivity contribution in [1.29, 1.82) is 0 Å². The van der Waals surface area contributed by atoms with Crippen LogP contribution in [0.15, 0.2) is 45.3 Å². The van der Waals surface area contributed by atoms with Gasteiger partial charge >= 0.3 is 0 Å². The second kappa shape index (κ2) is 7.29. The van der Waals surface area contributed by atoms with E-state index in [1.165, 1.54) is 0 Å². The molecule has 0 spiro atoms. The Balaban J connectivity index is 2.05. The van der Waals surface area contributed by atoms with Crippen LogP contribution in [0.3, 0.4) is 0 Å². The molecule has 1 N–H and O–H groups in total. The van der Waals surface area contributed by atoms with E-state index in [2.05, 4.69) is 43.2 Å². The monoisotopic (exact) mass is 425 g/mol. The number of anilines is 1. The van der Waals surface area contributed by atoms with Gasteiger partial charge in [0.15, 0.2) is 6.10 Å². The van der Waals surface area contributed by atoms with Gasteiger partial charge in [0.05, 0.1) is 4.47 Å². The van der Waals surface area contributed by atoms with Crippen molar-refractivity contribution in [2.24, 2.45) is 0 Å². The molecule has 0 aliphatic carbocycles. The second-order valence-corrected chi connectivity index (χ2v) is 6.97. The summed E-state index contributed by atoms with van der Waals surface area (Å²) in [5, 5.41) is 2.89. The Labute approximate surface area is 147 Å². The van der Waals surface area contributed by atoms with E-state index in [9.17, 15) is 4.79 Å². The largest absolute Gasteiger partial charge is 0.480 e. The summed E-state index contributed by atoms with van der Waals surface area (Å²) in [5.41, 5.74) is 3.01. The molecule has 3 nitrogen and oxygen atoms in total. The Morgan fingerprint density at radius 1 is 1.09 bits per heavy atom. The maximum atomic E-state index is 12.3. The normalized spacial score (nSPS) is 11.9. The Morgan fingerprint density at radius 3 is 2.32 bits per heavy atom. The molecule has 0 heterocycles. The summed E-state index contributed by atoms with van der Waals surface area (Å²) in [5.74, 6) is 0.450. The quantitative estimate of drug-likeness (QED) is 0.726. The molecule has 0 unspecified atom stereocenters. The minimum Gasteiger partial charge on any atom is -0.480 e. The van der Waals surface area contributed by atoms with E-state index in [1.54, 1.807) is 6.92 Å². The molecular formula is C17H17Br2NO2. The molecule has 2 aromatic carbocycles. The number of hydrogen-bond acceptors (Lipinski definition) is 2. The molecule has 0 aliphatic heterocycles. The van der Waals surface area contributed by atoms with Crippen LogP contribution in [-0.4, -0.2) is 12.0 Å². The van der Waals surface area contributed by atoms with E-state index in [0.29, 0.717) is 5.75 Å². The lowest BCUT2D eigenvalue weighted by atomic mass is 10.1. The minimum atomic E-state index is -0.599. The van der Waals surface area contributed by atoms with Crippen LogP contribution >= 0.6 is 31.9 Å². The molecule has 0 saturated carbocycles. The van der Waals surface area contributed by atoms with Crippen molar-refractivity contribution in [3.63, 3.8) is 0 Å². The number of nitrogens with one attached hydrogen (secondary N) is 1. The molecule has 0 radical (unpaired) electrons. The highest BCUT2D eigenvalue weighted by atomic mass is 79.9. The molecule has 0 saturated heterocycles. The van der Waals surface area contributed by atoms with Gasteiger partial charge < -0.3 is 10.1 Å². The van der Waals surface area contributed by atoms with Crippen LogP contribution in [0.5, 0.6) is 5.75 Å². The zero-order valence-corrected chi connectivity index (χ0v) is 15.8. The lowest BCUT2D eigenvalue weighted by Crippen LogP contribution is -2.30. The zero-order chi connectivity index (χ0) is 16.3. The molecule has 0 aliphatic rings. The van der Waals surface area contributed by atoms with Crippen molar-refractivity contribution in [3.05, 3.63) is 56.5 Å². The first kappa shape index (κ1) is 17.0. The topological polar surface area (TPSA) is 38.3 Å². The van der Waals surface area contributed by atoms with Crippen LogP contribution in [0.25, 0.3) is 0 Å². The SMILES string of the molecule is Cc1cc(C)cc(NC(=O)[C@H](C)Oc2ccc(Br)cc2Br)c1. The van der Waals surface area contributed by atoms with Gasteiger partial charge in [0.1, 0.15) is 5.75 Å². The molecule has 2 aromatic rings. The highest BCUT2D eigenvalue weighted by Crippen LogP contribution is 2.29. The van der Waals surface area contributed by atoms with E-state index in [0.717, 1.165) is 25.8 Å². The van der Waals surface area contributed by atoms with Crippen LogP contribution in [0.4, 0.5) is 5.69 Å². The van der Waals surface area contributed by atoms with Gasteiger partial charge in [-0.05, 0) is 78.2 Å². The highest BCUT2D eigenvalue weighted by molar-refractivity contribution is 9.11. The van der Waals surface area contributed by atoms with Crippen molar-refractivity contribution in [1.82, 2.24) is 0 Å². The van der Waals surface area contributed by atoms with Crippen molar-refractivity contribution in [2.75, 3.05) is 5.32 Å². The lowest BCUT2D eigenvalue weighted by Gasteiger charge is -2.16. The number of benzene rings is 2. The summed E-state index contributed by atoms with van der Waals surface area (Å²) < 4.78 is 7.46. The molecule has 5 heteroatoms. The van der Waals surface area contributed by atoms with Crippen molar-refractivity contribution < 1.29 is 9.53 Å².